The Morgan fingerprint density at radius 1 is 0.838 bits per heavy atom. The summed E-state index contributed by atoms with van der Waals surface area (Å²) in [5, 5.41) is 10.8. The number of amides is 3. The predicted molar refractivity (Wildman–Crippen MR) is 149 cm³/mol. The minimum absolute atomic E-state index is 0.0927. The van der Waals surface area contributed by atoms with Crippen LogP contribution in [0.5, 0.6) is 0 Å². The number of hydrogen-bond donors (Lipinski definition) is 1. The van der Waals surface area contributed by atoms with Gasteiger partial charge in [-0.05, 0) is 49.9 Å². The number of likely N-dealkylation sites (N-methyl/N-ethyl adjacent to an activating group) is 3. The third-order valence-electron chi connectivity index (χ3n) is 7.04. The van der Waals surface area contributed by atoms with Crippen molar-refractivity contribution in [3.63, 3.8) is 0 Å². The van der Waals surface area contributed by atoms with E-state index in [2.05, 4.69) is 13.8 Å². The number of allylic oxidation sites excluding steroid dienone is 2. The Morgan fingerprint density at radius 3 is 1.84 bits per heavy atom. The fourth-order valence-corrected chi connectivity index (χ4v) is 4.49. The van der Waals surface area contributed by atoms with Crippen LogP contribution in [0, 0.1) is 23.7 Å². The zero-order valence-corrected chi connectivity index (χ0v) is 25.1. The molecule has 0 saturated carbocycles. The van der Waals surface area contributed by atoms with E-state index in [1.807, 2.05) is 53.7 Å². The van der Waals surface area contributed by atoms with Crippen molar-refractivity contribution in [2.24, 2.45) is 23.7 Å². The molecule has 0 bridgehead atoms. The summed E-state index contributed by atoms with van der Waals surface area (Å²) in [5.74, 6) is -0.775. The molecule has 0 spiro atoms. The fraction of sp³-hybridized carbons (Fsp3) is 0.793. The Hall–Kier alpha value is -2.22. The number of aliphatic hydroxyl groups is 1. The van der Waals surface area contributed by atoms with E-state index in [4.69, 9.17) is 0 Å². The number of nitrogens with zero attached hydrogens (tertiary/aromatic N) is 3. The summed E-state index contributed by atoms with van der Waals surface area (Å²) in [6, 6.07) is -2.59. The molecule has 0 aliphatic carbocycles. The molecule has 1 unspecified atom stereocenters. The minimum Gasteiger partial charge on any atom is -0.390 e. The van der Waals surface area contributed by atoms with Gasteiger partial charge in [-0.1, -0.05) is 60.6 Å². The summed E-state index contributed by atoms with van der Waals surface area (Å²) in [5.41, 5.74) is 0. The Balaban J connectivity index is 5.98. The van der Waals surface area contributed by atoms with Crippen molar-refractivity contribution in [3.05, 3.63) is 12.2 Å². The summed E-state index contributed by atoms with van der Waals surface area (Å²) >= 11 is 0. The summed E-state index contributed by atoms with van der Waals surface area (Å²) < 4.78 is 0. The summed E-state index contributed by atoms with van der Waals surface area (Å²) in [4.78, 5) is 56.5. The van der Waals surface area contributed by atoms with Crippen molar-refractivity contribution in [2.45, 2.75) is 105 Å². The Bertz CT molecular complexity index is 765. The lowest BCUT2D eigenvalue weighted by Gasteiger charge is -2.39. The normalized spacial score (nSPS) is 16.0. The highest BCUT2D eigenvalue weighted by Gasteiger charge is 2.40. The van der Waals surface area contributed by atoms with E-state index in [1.54, 1.807) is 14.1 Å². The van der Waals surface area contributed by atoms with E-state index >= 15 is 0 Å². The second-order valence-electron chi connectivity index (χ2n) is 11.6. The van der Waals surface area contributed by atoms with Crippen molar-refractivity contribution in [1.29, 1.82) is 0 Å². The molecular formula is C29H53N3O5. The van der Waals surface area contributed by atoms with E-state index in [0.717, 1.165) is 6.42 Å². The largest absolute Gasteiger partial charge is 0.390 e. The zero-order valence-electron chi connectivity index (χ0n) is 25.1. The van der Waals surface area contributed by atoms with Crippen molar-refractivity contribution >= 4 is 24.0 Å². The van der Waals surface area contributed by atoms with Crippen LogP contribution in [-0.2, 0) is 19.2 Å². The topological polar surface area (TPSA) is 98.2 Å². The SMILES string of the molecule is C/C=C/C[C@@H](C)[C@@H](O)C(C=O)N(C)C(=O)[C@H](C(C)C)N(C)C(=O)[C@H](CC(C)C)N(C)C(=O)CCC(C)C. The molecule has 214 valence electrons. The first-order valence-electron chi connectivity index (χ1n) is 13.7. The van der Waals surface area contributed by atoms with Crippen LogP contribution in [-0.4, -0.2) is 89.2 Å². The Morgan fingerprint density at radius 2 is 1.41 bits per heavy atom. The molecule has 5 atom stereocenters. The number of hydrogen-bond acceptors (Lipinski definition) is 5. The summed E-state index contributed by atoms with van der Waals surface area (Å²) in [7, 11) is 4.73. The van der Waals surface area contributed by atoms with Crippen LogP contribution in [0.2, 0.25) is 0 Å². The first-order valence-corrected chi connectivity index (χ1v) is 13.7. The van der Waals surface area contributed by atoms with Gasteiger partial charge in [-0.2, -0.15) is 0 Å². The molecule has 0 aromatic carbocycles. The molecule has 0 heterocycles. The number of aliphatic hydroxyl groups excluding tert-OH is 1. The van der Waals surface area contributed by atoms with E-state index in [-0.39, 0.29) is 29.6 Å². The molecule has 0 aromatic heterocycles. The molecule has 0 radical (unpaired) electrons. The van der Waals surface area contributed by atoms with E-state index in [9.17, 15) is 24.3 Å². The van der Waals surface area contributed by atoms with Gasteiger partial charge in [0.25, 0.3) is 0 Å². The summed E-state index contributed by atoms with van der Waals surface area (Å²) in [6.45, 7) is 15.5. The molecule has 0 aliphatic rings. The Kier molecular flexibility index (Phi) is 15.6. The minimum atomic E-state index is -1.05. The molecule has 1 N–H and O–H groups in total. The molecular weight excluding hydrogens is 470 g/mol. The van der Waals surface area contributed by atoms with Gasteiger partial charge in [-0.15, -0.1) is 0 Å². The lowest BCUT2D eigenvalue weighted by atomic mass is 9.93. The third-order valence-corrected chi connectivity index (χ3v) is 7.04. The fourth-order valence-electron chi connectivity index (χ4n) is 4.49. The Labute approximate surface area is 225 Å². The highest BCUT2D eigenvalue weighted by atomic mass is 16.3. The molecule has 37 heavy (non-hydrogen) atoms. The first-order chi connectivity index (χ1) is 17.1. The van der Waals surface area contributed by atoms with Gasteiger partial charge < -0.3 is 24.6 Å². The number of carbonyl (C=O) groups is 4. The molecule has 0 aliphatic heterocycles. The van der Waals surface area contributed by atoms with Gasteiger partial charge in [0.1, 0.15) is 24.4 Å². The molecule has 3 amide bonds. The maximum atomic E-state index is 13.8. The standard InChI is InChI=1S/C29H53N3O5/c1-12-13-14-22(8)27(35)24(18-33)31(10)29(37)26(21(6)7)32(11)28(36)23(17-20(4)5)30(9)25(34)16-15-19(2)3/h12-13,18-24,26-27,35H,14-17H2,1-11H3/b13-12+/t22-,23+,24?,26+,27-/m1/s1. The second-order valence-corrected chi connectivity index (χ2v) is 11.6. The summed E-state index contributed by atoms with van der Waals surface area (Å²) in [6.07, 6.45) is 5.48. The van der Waals surface area contributed by atoms with Gasteiger partial charge in [0.2, 0.25) is 17.7 Å². The molecule has 0 rings (SSSR count). The van der Waals surface area contributed by atoms with Gasteiger partial charge in [-0.3, -0.25) is 14.4 Å². The highest BCUT2D eigenvalue weighted by Crippen LogP contribution is 2.22. The van der Waals surface area contributed by atoms with Crippen LogP contribution in [0.1, 0.15) is 81.1 Å². The number of rotatable bonds is 16. The van der Waals surface area contributed by atoms with Crippen LogP contribution < -0.4 is 0 Å². The molecule has 8 heteroatoms. The van der Waals surface area contributed by atoms with Crippen LogP contribution in [0.15, 0.2) is 12.2 Å². The van der Waals surface area contributed by atoms with Crippen LogP contribution in [0.4, 0.5) is 0 Å². The number of carbonyl (C=O) groups excluding carboxylic acids is 4. The van der Waals surface area contributed by atoms with E-state index < -0.39 is 30.1 Å². The van der Waals surface area contributed by atoms with Gasteiger partial charge in [-0.25, -0.2) is 0 Å². The molecule has 0 aromatic rings. The zero-order chi connectivity index (χ0) is 29.0. The lowest BCUT2D eigenvalue weighted by Crippen LogP contribution is -2.59. The average molecular weight is 524 g/mol. The third kappa shape index (κ3) is 10.6. The van der Waals surface area contributed by atoms with E-state index in [0.29, 0.717) is 31.5 Å². The van der Waals surface area contributed by atoms with Crippen molar-refractivity contribution in [3.8, 4) is 0 Å². The highest BCUT2D eigenvalue weighted by molar-refractivity contribution is 5.92. The monoisotopic (exact) mass is 523 g/mol. The second kappa shape index (κ2) is 16.6. The smallest absolute Gasteiger partial charge is 0.246 e. The average Bonchev–Trinajstić information content (AvgIpc) is 2.82. The van der Waals surface area contributed by atoms with E-state index in [1.165, 1.54) is 21.7 Å². The molecule has 0 saturated heterocycles. The van der Waals surface area contributed by atoms with Crippen LogP contribution in [0.25, 0.3) is 0 Å². The van der Waals surface area contributed by atoms with Gasteiger partial charge in [0, 0.05) is 27.6 Å². The lowest BCUT2D eigenvalue weighted by molar-refractivity contribution is -0.154. The molecule has 0 fully saturated rings. The predicted octanol–water partition coefficient (Wildman–Crippen LogP) is 3.77. The van der Waals surface area contributed by atoms with Crippen molar-refractivity contribution in [2.75, 3.05) is 21.1 Å². The van der Waals surface area contributed by atoms with Gasteiger partial charge in [0.05, 0.1) is 6.10 Å². The van der Waals surface area contributed by atoms with Crippen molar-refractivity contribution < 1.29 is 24.3 Å². The quantitative estimate of drug-likeness (QED) is 0.245. The molecule has 8 nitrogen and oxygen atoms in total. The van der Waals surface area contributed by atoms with Crippen LogP contribution >= 0.6 is 0 Å². The maximum Gasteiger partial charge on any atom is 0.246 e. The maximum absolute atomic E-state index is 13.8. The van der Waals surface area contributed by atoms with Crippen molar-refractivity contribution in [1.82, 2.24) is 14.7 Å². The first kappa shape index (κ1) is 34.8. The number of aldehydes is 1. The van der Waals surface area contributed by atoms with Gasteiger partial charge in [0.15, 0.2) is 0 Å². The van der Waals surface area contributed by atoms with Gasteiger partial charge >= 0.3 is 0 Å². The van der Waals surface area contributed by atoms with Crippen LogP contribution in [0.3, 0.4) is 0 Å².